The van der Waals surface area contributed by atoms with E-state index in [4.69, 9.17) is 11.6 Å². The number of carboxylic acids is 1. The zero-order valence-electron chi connectivity index (χ0n) is 23.9. The van der Waals surface area contributed by atoms with Gasteiger partial charge in [-0.1, -0.05) is 62.9 Å². The van der Waals surface area contributed by atoms with Gasteiger partial charge in [-0.2, -0.15) is 0 Å². The van der Waals surface area contributed by atoms with Gasteiger partial charge in [-0.05, 0) is 72.7 Å². The molecule has 1 aliphatic rings. The van der Waals surface area contributed by atoms with Gasteiger partial charge in [0.2, 0.25) is 5.91 Å². The summed E-state index contributed by atoms with van der Waals surface area (Å²) in [5, 5.41) is 14.3. The first-order chi connectivity index (χ1) is 19.8. The van der Waals surface area contributed by atoms with Crippen molar-refractivity contribution in [3.05, 3.63) is 77.5 Å². The summed E-state index contributed by atoms with van der Waals surface area (Å²) in [6.07, 6.45) is 7.30. The molecule has 9 nitrogen and oxygen atoms in total. The van der Waals surface area contributed by atoms with Crippen LogP contribution in [0.3, 0.4) is 0 Å². The van der Waals surface area contributed by atoms with E-state index in [2.05, 4.69) is 15.6 Å². The van der Waals surface area contributed by atoms with Gasteiger partial charge in [-0.3, -0.25) is 9.78 Å². The van der Waals surface area contributed by atoms with Crippen LogP contribution in [0, 0.1) is 6.92 Å². The van der Waals surface area contributed by atoms with Crippen LogP contribution in [0.25, 0.3) is 22.4 Å². The van der Waals surface area contributed by atoms with Crippen molar-refractivity contribution < 1.29 is 14.7 Å². The number of unbranched alkanes of at least 4 members (excludes halogenated alkanes) is 1. The summed E-state index contributed by atoms with van der Waals surface area (Å²) in [5.41, 5.74) is 13.5. The number of aromatic nitrogens is 1. The molecule has 4 rings (SSSR count). The third-order valence-electron chi connectivity index (χ3n) is 7.94. The quantitative estimate of drug-likeness (QED) is 0.111. The molecule has 9 heteroatoms. The van der Waals surface area contributed by atoms with E-state index in [1.165, 1.54) is 0 Å². The topological polar surface area (TPSA) is 147 Å². The number of nitrogens with zero attached hydrogens (tertiary/aromatic N) is 3. The molecule has 41 heavy (non-hydrogen) atoms. The Bertz CT molecular complexity index is 1400. The number of hydrogen-bond acceptors (Lipinski definition) is 6. The number of amidine groups is 1. The number of aliphatic carboxylic acids is 1. The maximum Gasteiger partial charge on any atom is 0.329 e. The van der Waals surface area contributed by atoms with Crippen molar-refractivity contribution in [2.24, 2.45) is 16.7 Å². The molecule has 6 N–H and O–H groups in total. The minimum absolute atomic E-state index is 0.0980. The summed E-state index contributed by atoms with van der Waals surface area (Å²) in [6.45, 7) is 4.30. The molecule has 0 spiro atoms. The molecule has 1 aliphatic carbocycles. The first-order valence-electron chi connectivity index (χ1n) is 14.3. The molecule has 2 aromatic carbocycles. The van der Waals surface area contributed by atoms with Crippen molar-refractivity contribution in [1.82, 2.24) is 15.4 Å². The number of carboxylic acid groups (broad SMARTS) is 1. The van der Waals surface area contributed by atoms with Crippen LogP contribution in [0.15, 0.2) is 65.9 Å². The summed E-state index contributed by atoms with van der Waals surface area (Å²) in [6, 6.07) is 17.7. The highest BCUT2D eigenvalue weighted by molar-refractivity contribution is 6.04. The second-order valence-corrected chi connectivity index (χ2v) is 10.8. The van der Waals surface area contributed by atoms with Crippen molar-refractivity contribution in [2.45, 2.75) is 77.3 Å². The minimum Gasteiger partial charge on any atom is -0.479 e. The van der Waals surface area contributed by atoms with Crippen molar-refractivity contribution >= 4 is 17.7 Å². The van der Waals surface area contributed by atoms with Crippen LogP contribution in [0.2, 0.25) is 0 Å². The first-order valence-corrected chi connectivity index (χ1v) is 14.3. The molecular formula is C32H40N6O3. The van der Waals surface area contributed by atoms with Gasteiger partial charge in [0.25, 0.3) is 0 Å². The van der Waals surface area contributed by atoms with Crippen LogP contribution in [-0.4, -0.2) is 38.2 Å². The lowest BCUT2D eigenvalue weighted by Gasteiger charge is -2.43. The average Bonchev–Trinajstić information content (AvgIpc) is 2.99. The van der Waals surface area contributed by atoms with Crippen LogP contribution < -0.4 is 17.1 Å². The number of hydrazone groups is 1. The Labute approximate surface area is 241 Å². The number of pyridine rings is 1. The predicted molar refractivity (Wildman–Crippen MR) is 161 cm³/mol. The molecule has 0 bridgehead atoms. The summed E-state index contributed by atoms with van der Waals surface area (Å²) in [5.74, 6) is 4.64. The zero-order chi connectivity index (χ0) is 29.4. The Balaban J connectivity index is 1.71. The van der Waals surface area contributed by atoms with E-state index in [1.54, 1.807) is 11.1 Å². The lowest BCUT2D eigenvalue weighted by Crippen LogP contribution is -2.57. The SMILES string of the molecule is CCCCC(=O)N(Cc1ccc(-c2cc(-c3cc(C)ccn3)ccc2/C(N)=N/NN)cc1)C1(C(=O)O)CCCCC1. The Morgan fingerprint density at radius 2 is 1.76 bits per heavy atom. The van der Waals surface area contributed by atoms with Gasteiger partial charge < -0.3 is 15.7 Å². The van der Waals surface area contributed by atoms with E-state index in [1.807, 2.05) is 68.4 Å². The van der Waals surface area contributed by atoms with E-state index in [0.717, 1.165) is 65.6 Å². The number of rotatable bonds is 11. The Morgan fingerprint density at radius 3 is 2.39 bits per heavy atom. The van der Waals surface area contributed by atoms with Gasteiger partial charge in [0.05, 0.1) is 5.69 Å². The highest BCUT2D eigenvalue weighted by Gasteiger charge is 2.46. The van der Waals surface area contributed by atoms with Gasteiger partial charge in [0.1, 0.15) is 5.54 Å². The van der Waals surface area contributed by atoms with Gasteiger partial charge in [-0.25, -0.2) is 16.2 Å². The third kappa shape index (κ3) is 6.74. The fourth-order valence-electron chi connectivity index (χ4n) is 5.64. The fourth-order valence-corrected chi connectivity index (χ4v) is 5.64. The number of carbonyl (C=O) groups is 2. The molecule has 1 saturated carbocycles. The van der Waals surface area contributed by atoms with E-state index in [9.17, 15) is 14.7 Å². The number of aryl methyl sites for hydroxylation is 1. The summed E-state index contributed by atoms with van der Waals surface area (Å²) in [7, 11) is 0. The smallest absolute Gasteiger partial charge is 0.329 e. The normalized spacial score (nSPS) is 14.9. The Morgan fingerprint density at radius 1 is 1.05 bits per heavy atom. The molecular weight excluding hydrogens is 516 g/mol. The van der Waals surface area contributed by atoms with Crippen molar-refractivity contribution in [1.29, 1.82) is 0 Å². The average molecular weight is 557 g/mol. The zero-order valence-corrected chi connectivity index (χ0v) is 23.9. The van der Waals surface area contributed by atoms with Gasteiger partial charge in [0, 0.05) is 30.3 Å². The summed E-state index contributed by atoms with van der Waals surface area (Å²) in [4.78, 5) is 32.2. The maximum absolute atomic E-state index is 13.4. The number of benzene rings is 2. The predicted octanol–water partition coefficient (Wildman–Crippen LogP) is 5.11. The molecule has 3 aromatic rings. The minimum atomic E-state index is -1.16. The van der Waals surface area contributed by atoms with Crippen molar-refractivity contribution in [2.75, 3.05) is 0 Å². The van der Waals surface area contributed by atoms with Crippen LogP contribution in [0.5, 0.6) is 0 Å². The molecule has 0 atom stereocenters. The van der Waals surface area contributed by atoms with Crippen LogP contribution >= 0.6 is 0 Å². The van der Waals surface area contributed by atoms with Crippen LogP contribution in [0.4, 0.5) is 0 Å². The number of carbonyl (C=O) groups excluding carboxylic acids is 1. The van der Waals surface area contributed by atoms with E-state index in [0.29, 0.717) is 24.8 Å². The summed E-state index contributed by atoms with van der Waals surface area (Å²) < 4.78 is 0. The van der Waals surface area contributed by atoms with Crippen LogP contribution in [-0.2, 0) is 16.1 Å². The molecule has 1 heterocycles. The van der Waals surface area contributed by atoms with Crippen molar-refractivity contribution in [3.8, 4) is 22.4 Å². The molecule has 0 saturated heterocycles. The molecule has 0 aliphatic heterocycles. The van der Waals surface area contributed by atoms with Gasteiger partial charge in [-0.15, -0.1) is 5.10 Å². The number of hydrogen-bond donors (Lipinski definition) is 4. The highest BCUT2D eigenvalue weighted by atomic mass is 16.4. The van der Waals surface area contributed by atoms with E-state index in [-0.39, 0.29) is 18.3 Å². The highest BCUT2D eigenvalue weighted by Crippen LogP contribution is 2.36. The molecule has 0 unspecified atom stereocenters. The molecule has 1 aromatic heterocycles. The first kappa shape index (κ1) is 29.7. The largest absolute Gasteiger partial charge is 0.479 e. The number of nitrogens with two attached hydrogens (primary N) is 2. The van der Waals surface area contributed by atoms with Gasteiger partial charge in [0.15, 0.2) is 5.84 Å². The second kappa shape index (κ2) is 13.4. The molecule has 0 radical (unpaired) electrons. The third-order valence-corrected chi connectivity index (χ3v) is 7.94. The second-order valence-electron chi connectivity index (χ2n) is 10.8. The van der Waals surface area contributed by atoms with Crippen LogP contribution in [0.1, 0.15) is 75.0 Å². The Hall–Kier alpha value is -4.24. The number of hydrazine groups is 1. The van der Waals surface area contributed by atoms with E-state index < -0.39 is 11.5 Å². The lowest BCUT2D eigenvalue weighted by atomic mass is 9.79. The standard InChI is InChI=1S/C32H40N6O3/c1-3-4-8-29(39)38(32(31(40)41)16-6-5-7-17-32)21-23-9-11-24(12-10-23)27-20-25(28-19-22(2)15-18-35-28)13-14-26(27)30(33)36-37-34/h9-15,18-20,37H,3-8,16-17,21,34H2,1-2H3,(H2,33,36)(H,40,41). The van der Waals surface area contributed by atoms with Crippen molar-refractivity contribution in [3.63, 3.8) is 0 Å². The molecule has 1 amide bonds. The maximum atomic E-state index is 13.4. The van der Waals surface area contributed by atoms with E-state index >= 15 is 0 Å². The number of amides is 1. The molecule has 1 fully saturated rings. The molecule has 216 valence electrons. The Kier molecular flexibility index (Phi) is 9.73. The fraction of sp³-hybridized carbons (Fsp3) is 0.375. The lowest BCUT2D eigenvalue weighted by molar-refractivity contribution is -0.163. The summed E-state index contributed by atoms with van der Waals surface area (Å²) >= 11 is 0. The monoisotopic (exact) mass is 556 g/mol. The van der Waals surface area contributed by atoms with Gasteiger partial charge >= 0.3 is 5.97 Å². The number of nitrogens with one attached hydrogen (secondary N) is 1.